The molecule has 4 nitrogen and oxygen atoms in total. The zero-order chi connectivity index (χ0) is 10.6. The van der Waals surface area contributed by atoms with Gasteiger partial charge in [0, 0.05) is 32.0 Å². The molecule has 0 saturated carbocycles. The number of alkyl halides is 1. The lowest BCUT2D eigenvalue weighted by Gasteiger charge is -2.11. The molecule has 0 aliphatic heterocycles. The van der Waals surface area contributed by atoms with Gasteiger partial charge in [-0.3, -0.25) is 4.79 Å². The summed E-state index contributed by atoms with van der Waals surface area (Å²) >= 11 is 3.32. The third-order valence-corrected chi connectivity index (χ3v) is 2.44. The van der Waals surface area contributed by atoms with E-state index in [0.29, 0.717) is 6.54 Å². The molecule has 14 heavy (non-hydrogen) atoms. The van der Waals surface area contributed by atoms with Gasteiger partial charge in [-0.25, -0.2) is 4.68 Å². The average molecular weight is 260 g/mol. The minimum atomic E-state index is -0.0443. The van der Waals surface area contributed by atoms with E-state index in [9.17, 15) is 4.79 Å². The smallest absolute Gasteiger partial charge is 0.268 e. The van der Waals surface area contributed by atoms with E-state index in [1.807, 2.05) is 19.0 Å². The van der Waals surface area contributed by atoms with Crippen LogP contribution in [0.25, 0.3) is 0 Å². The Labute approximate surface area is 91.7 Å². The monoisotopic (exact) mass is 259 g/mol. The van der Waals surface area contributed by atoms with E-state index in [1.165, 1.54) is 4.68 Å². The summed E-state index contributed by atoms with van der Waals surface area (Å²) in [6, 6.07) is 1.60. The Morgan fingerprint density at radius 1 is 1.57 bits per heavy atom. The molecular weight excluding hydrogens is 246 g/mol. The lowest BCUT2D eigenvalue weighted by molar-refractivity contribution is 0.571. The van der Waals surface area contributed by atoms with Crippen LogP contribution in [-0.2, 0) is 6.54 Å². The van der Waals surface area contributed by atoms with Crippen LogP contribution in [-0.4, -0.2) is 29.2 Å². The normalized spacial score (nSPS) is 10.2. The Hall–Kier alpha value is -0.840. The average Bonchev–Trinajstić information content (AvgIpc) is 2.15. The van der Waals surface area contributed by atoms with Crippen LogP contribution in [0.3, 0.4) is 0 Å². The minimum absolute atomic E-state index is 0.0443. The molecule has 78 valence electrons. The minimum Gasteiger partial charge on any atom is -0.376 e. The van der Waals surface area contributed by atoms with Crippen molar-refractivity contribution >= 4 is 21.6 Å². The number of rotatable bonds is 4. The molecule has 0 amide bonds. The van der Waals surface area contributed by atoms with Gasteiger partial charge < -0.3 is 4.90 Å². The van der Waals surface area contributed by atoms with Crippen molar-refractivity contribution in [2.75, 3.05) is 24.3 Å². The van der Waals surface area contributed by atoms with E-state index in [2.05, 4.69) is 21.0 Å². The van der Waals surface area contributed by atoms with Gasteiger partial charge in [0.25, 0.3) is 5.56 Å². The van der Waals surface area contributed by atoms with Crippen molar-refractivity contribution in [3.63, 3.8) is 0 Å². The fraction of sp³-hybridized carbons (Fsp3) is 0.556. The van der Waals surface area contributed by atoms with Crippen LogP contribution < -0.4 is 10.5 Å². The Kier molecular flexibility index (Phi) is 4.13. The summed E-state index contributed by atoms with van der Waals surface area (Å²) in [6.07, 6.45) is 2.61. The zero-order valence-corrected chi connectivity index (χ0v) is 9.99. The quantitative estimate of drug-likeness (QED) is 0.761. The van der Waals surface area contributed by atoms with Crippen molar-refractivity contribution in [3.05, 3.63) is 22.6 Å². The van der Waals surface area contributed by atoms with Gasteiger partial charge >= 0.3 is 0 Å². The van der Waals surface area contributed by atoms with E-state index < -0.39 is 0 Å². The van der Waals surface area contributed by atoms with Crippen molar-refractivity contribution in [1.82, 2.24) is 9.78 Å². The van der Waals surface area contributed by atoms with Crippen LogP contribution in [0.4, 0.5) is 5.69 Å². The van der Waals surface area contributed by atoms with Gasteiger partial charge in [-0.2, -0.15) is 5.10 Å². The Morgan fingerprint density at radius 3 is 2.79 bits per heavy atom. The van der Waals surface area contributed by atoms with E-state index >= 15 is 0 Å². The molecule has 1 aromatic rings. The summed E-state index contributed by atoms with van der Waals surface area (Å²) in [5.41, 5.74) is 0.794. The van der Waals surface area contributed by atoms with Crippen LogP contribution >= 0.6 is 15.9 Å². The molecule has 0 aliphatic rings. The summed E-state index contributed by atoms with van der Waals surface area (Å²) in [7, 11) is 3.78. The Bertz CT molecular complexity index is 348. The van der Waals surface area contributed by atoms with Crippen molar-refractivity contribution in [3.8, 4) is 0 Å². The van der Waals surface area contributed by atoms with Crippen molar-refractivity contribution < 1.29 is 0 Å². The van der Waals surface area contributed by atoms with Crippen molar-refractivity contribution in [2.24, 2.45) is 0 Å². The molecule has 0 atom stereocenters. The summed E-state index contributed by atoms with van der Waals surface area (Å²) in [4.78, 5) is 13.4. The number of aromatic nitrogens is 2. The summed E-state index contributed by atoms with van der Waals surface area (Å²) in [6.45, 7) is 0.664. The van der Waals surface area contributed by atoms with Crippen molar-refractivity contribution in [2.45, 2.75) is 13.0 Å². The fourth-order valence-corrected chi connectivity index (χ4v) is 1.30. The van der Waals surface area contributed by atoms with Gasteiger partial charge in [-0.15, -0.1) is 0 Å². The molecule has 0 spiro atoms. The highest BCUT2D eigenvalue weighted by molar-refractivity contribution is 9.09. The topological polar surface area (TPSA) is 38.1 Å². The number of anilines is 1. The number of nitrogens with zero attached hydrogens (tertiary/aromatic N) is 3. The van der Waals surface area contributed by atoms with Crippen LogP contribution in [0, 0.1) is 0 Å². The molecule has 0 aliphatic carbocycles. The van der Waals surface area contributed by atoms with Gasteiger partial charge in [0.2, 0.25) is 0 Å². The largest absolute Gasteiger partial charge is 0.376 e. The van der Waals surface area contributed by atoms with E-state index in [0.717, 1.165) is 17.4 Å². The lowest BCUT2D eigenvalue weighted by atomic mass is 10.4. The zero-order valence-electron chi connectivity index (χ0n) is 8.40. The first-order chi connectivity index (χ1) is 6.65. The summed E-state index contributed by atoms with van der Waals surface area (Å²) < 4.78 is 1.48. The van der Waals surface area contributed by atoms with E-state index in [4.69, 9.17) is 0 Å². The first-order valence-electron chi connectivity index (χ1n) is 4.45. The Morgan fingerprint density at radius 2 is 2.29 bits per heavy atom. The maximum absolute atomic E-state index is 11.5. The van der Waals surface area contributed by atoms with Crippen LogP contribution in [0.1, 0.15) is 6.42 Å². The number of hydrogen-bond acceptors (Lipinski definition) is 3. The molecule has 0 saturated heterocycles. The summed E-state index contributed by atoms with van der Waals surface area (Å²) in [5, 5.41) is 4.96. The highest BCUT2D eigenvalue weighted by atomic mass is 79.9. The van der Waals surface area contributed by atoms with Crippen LogP contribution in [0.15, 0.2) is 17.1 Å². The number of halogens is 1. The third-order valence-electron chi connectivity index (χ3n) is 1.88. The molecule has 1 aromatic heterocycles. The molecule has 5 heteroatoms. The van der Waals surface area contributed by atoms with E-state index in [1.54, 1.807) is 12.3 Å². The molecular formula is C9H14BrN3O. The SMILES string of the molecule is CN(C)c1cnn(CCCBr)c(=O)c1. The molecule has 0 N–H and O–H groups in total. The molecule has 0 fully saturated rings. The highest BCUT2D eigenvalue weighted by Crippen LogP contribution is 2.03. The van der Waals surface area contributed by atoms with Gasteiger partial charge in [0.05, 0.1) is 11.9 Å². The fourth-order valence-electron chi connectivity index (χ4n) is 1.05. The molecule has 0 bridgehead atoms. The van der Waals surface area contributed by atoms with E-state index in [-0.39, 0.29) is 5.56 Å². The van der Waals surface area contributed by atoms with Gasteiger partial charge in [0.1, 0.15) is 0 Å². The maximum atomic E-state index is 11.5. The second kappa shape index (κ2) is 5.14. The summed E-state index contributed by atoms with van der Waals surface area (Å²) in [5.74, 6) is 0. The second-order valence-corrected chi connectivity index (χ2v) is 4.01. The second-order valence-electron chi connectivity index (χ2n) is 3.21. The molecule has 0 radical (unpaired) electrons. The predicted octanol–water partition coefficient (Wildman–Crippen LogP) is 1.09. The van der Waals surface area contributed by atoms with Gasteiger partial charge in [-0.05, 0) is 6.42 Å². The highest BCUT2D eigenvalue weighted by Gasteiger charge is 2.00. The lowest BCUT2D eigenvalue weighted by Crippen LogP contribution is -2.24. The molecule has 0 aromatic carbocycles. The first kappa shape index (κ1) is 11.2. The van der Waals surface area contributed by atoms with Gasteiger partial charge in [0.15, 0.2) is 0 Å². The van der Waals surface area contributed by atoms with Gasteiger partial charge in [-0.1, -0.05) is 15.9 Å². The maximum Gasteiger partial charge on any atom is 0.268 e. The van der Waals surface area contributed by atoms with Crippen LogP contribution in [0.5, 0.6) is 0 Å². The predicted molar refractivity (Wildman–Crippen MR) is 61.2 cm³/mol. The molecule has 1 heterocycles. The van der Waals surface area contributed by atoms with Crippen LogP contribution in [0.2, 0.25) is 0 Å². The Balaban J connectivity index is 2.85. The standard InChI is InChI=1S/C9H14BrN3O/c1-12(2)8-6-9(14)13(11-7-8)5-3-4-10/h6-7H,3-5H2,1-2H3. The van der Waals surface area contributed by atoms with Crippen molar-refractivity contribution in [1.29, 1.82) is 0 Å². The third kappa shape index (κ3) is 2.83. The first-order valence-corrected chi connectivity index (χ1v) is 5.57. The number of aryl methyl sites for hydroxylation is 1. The molecule has 0 unspecified atom stereocenters. The number of hydrogen-bond donors (Lipinski definition) is 0. The molecule has 1 rings (SSSR count).